The number of carbonyl (C=O) groups excluding carboxylic acids is 1. The fraction of sp³-hybridized carbons (Fsp3) is 0.562. The number of hydrogen-bond donors (Lipinski definition) is 2. The van der Waals surface area contributed by atoms with Crippen LogP contribution in [0.1, 0.15) is 45.3 Å². The highest BCUT2D eigenvalue weighted by Gasteiger charge is 2.15. The molecule has 0 aromatic heterocycles. The van der Waals surface area contributed by atoms with Gasteiger partial charge < -0.3 is 10.4 Å². The number of ketones is 1. The van der Waals surface area contributed by atoms with Gasteiger partial charge in [0.05, 0.1) is 6.10 Å². The van der Waals surface area contributed by atoms with Crippen molar-refractivity contribution < 1.29 is 9.90 Å². The van der Waals surface area contributed by atoms with Crippen LogP contribution in [0.2, 0.25) is 0 Å². The summed E-state index contributed by atoms with van der Waals surface area (Å²) < 4.78 is 0. The molecule has 19 heavy (non-hydrogen) atoms. The van der Waals surface area contributed by atoms with E-state index >= 15 is 0 Å². The molecule has 1 aromatic rings. The Bertz CT molecular complexity index is 376. The van der Waals surface area contributed by atoms with Gasteiger partial charge in [0.1, 0.15) is 5.78 Å². The first-order chi connectivity index (χ1) is 9.00. The van der Waals surface area contributed by atoms with Crippen molar-refractivity contribution in [3.05, 3.63) is 35.9 Å². The van der Waals surface area contributed by atoms with E-state index in [9.17, 15) is 9.90 Å². The molecule has 0 aliphatic heterocycles. The Morgan fingerprint density at radius 1 is 1.21 bits per heavy atom. The van der Waals surface area contributed by atoms with Crippen molar-refractivity contribution in [1.82, 2.24) is 5.32 Å². The number of aliphatic hydroxyl groups excluding tert-OH is 1. The van der Waals surface area contributed by atoms with Crippen molar-refractivity contribution in [2.75, 3.05) is 6.54 Å². The first-order valence-corrected chi connectivity index (χ1v) is 6.98. The summed E-state index contributed by atoms with van der Waals surface area (Å²) in [5.41, 5.74) is 0.899. The smallest absolute Gasteiger partial charge is 0.134 e. The molecule has 2 unspecified atom stereocenters. The Morgan fingerprint density at radius 2 is 1.84 bits per heavy atom. The zero-order chi connectivity index (χ0) is 14.3. The van der Waals surface area contributed by atoms with Gasteiger partial charge in [0.15, 0.2) is 0 Å². The molecule has 3 heteroatoms. The Kier molecular flexibility index (Phi) is 6.74. The number of aliphatic hydroxyl groups is 1. The molecule has 106 valence electrons. The number of hydrogen-bond acceptors (Lipinski definition) is 3. The van der Waals surface area contributed by atoms with Crippen molar-refractivity contribution in [2.45, 2.75) is 45.8 Å². The minimum absolute atomic E-state index is 0.0609. The van der Waals surface area contributed by atoms with Crippen molar-refractivity contribution in [2.24, 2.45) is 5.92 Å². The Labute approximate surface area is 116 Å². The van der Waals surface area contributed by atoms with Gasteiger partial charge in [0, 0.05) is 25.4 Å². The molecule has 0 radical (unpaired) electrons. The summed E-state index contributed by atoms with van der Waals surface area (Å²) in [7, 11) is 0. The van der Waals surface area contributed by atoms with Gasteiger partial charge in [-0.05, 0) is 18.4 Å². The van der Waals surface area contributed by atoms with Crippen LogP contribution in [-0.4, -0.2) is 23.5 Å². The molecule has 2 N–H and O–H groups in total. The molecular formula is C16H25NO2. The molecule has 1 aromatic carbocycles. The lowest BCUT2D eigenvalue weighted by Crippen LogP contribution is -2.33. The van der Waals surface area contributed by atoms with Crippen LogP contribution in [0.25, 0.3) is 0 Å². The molecule has 0 saturated carbocycles. The van der Waals surface area contributed by atoms with E-state index in [2.05, 4.69) is 5.32 Å². The van der Waals surface area contributed by atoms with Crippen molar-refractivity contribution in [1.29, 1.82) is 0 Å². The summed E-state index contributed by atoms with van der Waals surface area (Å²) in [6, 6.07) is 9.52. The van der Waals surface area contributed by atoms with Crippen LogP contribution < -0.4 is 5.32 Å². The zero-order valence-corrected chi connectivity index (χ0v) is 12.1. The van der Waals surface area contributed by atoms with Crippen LogP contribution in [-0.2, 0) is 4.79 Å². The van der Waals surface area contributed by atoms with Crippen LogP contribution in [0.3, 0.4) is 0 Å². The van der Waals surface area contributed by atoms with Crippen LogP contribution in [0, 0.1) is 5.92 Å². The quantitative estimate of drug-likeness (QED) is 0.758. The monoisotopic (exact) mass is 263 g/mol. The highest BCUT2D eigenvalue weighted by atomic mass is 16.3. The second kappa shape index (κ2) is 8.08. The van der Waals surface area contributed by atoms with E-state index in [0.29, 0.717) is 25.3 Å². The van der Waals surface area contributed by atoms with E-state index in [1.165, 1.54) is 0 Å². The largest absolute Gasteiger partial charge is 0.387 e. The lowest BCUT2D eigenvalue weighted by molar-refractivity contribution is -0.119. The second-order valence-corrected chi connectivity index (χ2v) is 5.48. The van der Waals surface area contributed by atoms with E-state index in [-0.39, 0.29) is 11.8 Å². The molecule has 0 saturated heterocycles. The molecule has 0 spiro atoms. The van der Waals surface area contributed by atoms with Crippen molar-refractivity contribution in [3.8, 4) is 0 Å². The van der Waals surface area contributed by atoms with E-state index < -0.39 is 6.10 Å². The van der Waals surface area contributed by atoms with Crippen LogP contribution in [0.4, 0.5) is 0 Å². The van der Waals surface area contributed by atoms with Crippen molar-refractivity contribution in [3.63, 3.8) is 0 Å². The second-order valence-electron chi connectivity index (χ2n) is 5.48. The van der Waals surface area contributed by atoms with Gasteiger partial charge in [-0.1, -0.05) is 44.2 Å². The molecule has 0 aliphatic carbocycles. The van der Waals surface area contributed by atoms with Gasteiger partial charge in [-0.3, -0.25) is 4.79 Å². The third kappa shape index (κ3) is 5.99. The first kappa shape index (κ1) is 15.9. The third-order valence-corrected chi connectivity index (χ3v) is 3.12. The van der Waals surface area contributed by atoms with E-state index in [1.807, 2.05) is 51.1 Å². The number of carbonyl (C=O) groups is 1. The van der Waals surface area contributed by atoms with Crippen LogP contribution >= 0.6 is 0 Å². The van der Waals surface area contributed by atoms with Gasteiger partial charge in [-0.25, -0.2) is 0 Å². The van der Waals surface area contributed by atoms with E-state index in [4.69, 9.17) is 0 Å². The maximum atomic E-state index is 11.6. The summed E-state index contributed by atoms with van der Waals surface area (Å²) in [6.07, 6.45) is 0.628. The summed E-state index contributed by atoms with van der Waals surface area (Å²) in [5.74, 6) is 0.698. The average molecular weight is 263 g/mol. The van der Waals surface area contributed by atoms with Gasteiger partial charge in [0.2, 0.25) is 0 Å². The maximum Gasteiger partial charge on any atom is 0.134 e. The maximum absolute atomic E-state index is 11.6. The number of nitrogens with one attached hydrogen (secondary N) is 1. The molecule has 3 nitrogen and oxygen atoms in total. The van der Waals surface area contributed by atoms with E-state index in [1.54, 1.807) is 0 Å². The molecule has 2 atom stereocenters. The minimum atomic E-state index is -0.540. The molecule has 0 fully saturated rings. The molecule has 0 heterocycles. The summed E-state index contributed by atoms with van der Waals surface area (Å²) in [4.78, 5) is 11.6. The summed E-state index contributed by atoms with van der Waals surface area (Å²) >= 11 is 0. The average Bonchev–Trinajstić information content (AvgIpc) is 2.37. The normalized spacial score (nSPS) is 14.4. The lowest BCUT2D eigenvalue weighted by atomic mass is 10.0. The fourth-order valence-electron chi connectivity index (χ4n) is 2.05. The fourth-order valence-corrected chi connectivity index (χ4v) is 2.05. The summed E-state index contributed by atoms with van der Waals surface area (Å²) in [5, 5.41) is 13.4. The molecule has 0 bridgehead atoms. The first-order valence-electron chi connectivity index (χ1n) is 6.98. The predicted octanol–water partition coefficient (Wildman–Crippen LogP) is 2.70. The number of benzene rings is 1. The highest BCUT2D eigenvalue weighted by molar-refractivity contribution is 5.78. The number of Topliss-reactive ketones (excluding diaryl/α,β-unsaturated/α-hetero) is 1. The standard InChI is InChI=1S/C16H25NO2/c1-12(2)11-15(18)9-10-17-13(3)16(19)14-7-5-4-6-8-14/h4-8,12-13,16-17,19H,9-11H2,1-3H3. The predicted molar refractivity (Wildman–Crippen MR) is 77.9 cm³/mol. The number of rotatable bonds is 8. The van der Waals surface area contributed by atoms with Crippen molar-refractivity contribution >= 4 is 5.78 Å². The summed E-state index contributed by atoms with van der Waals surface area (Å²) in [6.45, 7) is 6.65. The molecule has 1 rings (SSSR count). The van der Waals surface area contributed by atoms with Crippen LogP contribution in [0.5, 0.6) is 0 Å². The SMILES string of the molecule is CC(C)CC(=O)CCNC(C)C(O)c1ccccc1. The minimum Gasteiger partial charge on any atom is -0.387 e. The topological polar surface area (TPSA) is 49.3 Å². The molecule has 0 aliphatic rings. The Balaban J connectivity index is 2.31. The Hall–Kier alpha value is -1.19. The zero-order valence-electron chi connectivity index (χ0n) is 12.1. The van der Waals surface area contributed by atoms with Crippen LogP contribution in [0.15, 0.2) is 30.3 Å². The Morgan fingerprint density at radius 3 is 2.42 bits per heavy atom. The van der Waals surface area contributed by atoms with Gasteiger partial charge in [0.25, 0.3) is 0 Å². The van der Waals surface area contributed by atoms with Gasteiger partial charge in [-0.2, -0.15) is 0 Å². The lowest BCUT2D eigenvalue weighted by Gasteiger charge is -2.20. The van der Waals surface area contributed by atoms with E-state index in [0.717, 1.165) is 5.56 Å². The highest BCUT2D eigenvalue weighted by Crippen LogP contribution is 2.15. The third-order valence-electron chi connectivity index (χ3n) is 3.12. The van der Waals surface area contributed by atoms with Gasteiger partial charge in [-0.15, -0.1) is 0 Å². The van der Waals surface area contributed by atoms with Gasteiger partial charge >= 0.3 is 0 Å². The molecular weight excluding hydrogens is 238 g/mol. The molecule has 0 amide bonds.